The van der Waals surface area contributed by atoms with Gasteiger partial charge in [0.25, 0.3) is 6.43 Å². The highest BCUT2D eigenvalue weighted by atomic mass is 19.3. The first kappa shape index (κ1) is 25.5. The molecule has 3 aromatic heterocycles. The molecule has 38 heavy (non-hydrogen) atoms. The number of rotatable bonds is 8. The molecule has 1 aliphatic heterocycles. The molecule has 4 aromatic rings. The lowest BCUT2D eigenvalue weighted by molar-refractivity contribution is 0.152. The van der Waals surface area contributed by atoms with Crippen molar-refractivity contribution in [1.29, 1.82) is 5.26 Å². The molecule has 10 heteroatoms. The molecule has 1 saturated heterocycles. The predicted molar refractivity (Wildman–Crippen MR) is 143 cm³/mol. The Balaban J connectivity index is 1.36. The molecular formula is C28H30F2N8. The van der Waals surface area contributed by atoms with Gasteiger partial charge in [-0.2, -0.15) is 5.26 Å². The summed E-state index contributed by atoms with van der Waals surface area (Å²) in [4.78, 5) is 15.6. The average Bonchev–Trinajstić information content (AvgIpc) is 3.37. The zero-order valence-electron chi connectivity index (χ0n) is 21.4. The molecular weight excluding hydrogens is 486 g/mol. The summed E-state index contributed by atoms with van der Waals surface area (Å²) < 4.78 is 28.5. The third-order valence-electron chi connectivity index (χ3n) is 7.09. The third-order valence-corrected chi connectivity index (χ3v) is 7.09. The summed E-state index contributed by atoms with van der Waals surface area (Å²) in [5.41, 5.74) is 3.09. The van der Waals surface area contributed by atoms with Crippen molar-refractivity contribution in [3.8, 4) is 17.5 Å². The topological polar surface area (TPSA) is 94.2 Å². The summed E-state index contributed by atoms with van der Waals surface area (Å²) in [5.74, 6) is 0.330. The highest BCUT2D eigenvalue weighted by Gasteiger charge is 2.20. The second-order valence-corrected chi connectivity index (χ2v) is 9.51. The number of alkyl halides is 2. The van der Waals surface area contributed by atoms with Crippen LogP contribution in [0, 0.1) is 11.3 Å². The Kier molecular flexibility index (Phi) is 7.47. The van der Waals surface area contributed by atoms with Gasteiger partial charge in [0.2, 0.25) is 5.95 Å². The van der Waals surface area contributed by atoms with Gasteiger partial charge in [0.1, 0.15) is 17.4 Å². The molecule has 4 heterocycles. The van der Waals surface area contributed by atoms with Crippen LogP contribution < -0.4 is 10.6 Å². The number of hydrogen-bond acceptors (Lipinski definition) is 7. The quantitative estimate of drug-likeness (QED) is 0.312. The number of imidazole rings is 1. The maximum atomic E-state index is 13.5. The Morgan fingerprint density at radius 3 is 2.68 bits per heavy atom. The van der Waals surface area contributed by atoms with E-state index in [9.17, 15) is 14.0 Å². The van der Waals surface area contributed by atoms with Gasteiger partial charge in [0.05, 0.1) is 35.3 Å². The van der Waals surface area contributed by atoms with Crippen LogP contribution in [0.1, 0.15) is 55.8 Å². The maximum Gasteiger partial charge on any atom is 0.267 e. The van der Waals surface area contributed by atoms with Crippen molar-refractivity contribution in [2.75, 3.05) is 30.3 Å². The van der Waals surface area contributed by atoms with Crippen molar-refractivity contribution in [1.82, 2.24) is 24.3 Å². The zero-order valence-corrected chi connectivity index (χ0v) is 21.4. The van der Waals surface area contributed by atoms with E-state index in [4.69, 9.17) is 0 Å². The van der Waals surface area contributed by atoms with E-state index in [1.54, 1.807) is 6.20 Å². The first-order valence-electron chi connectivity index (χ1n) is 12.8. The molecule has 196 valence electrons. The van der Waals surface area contributed by atoms with Crippen LogP contribution in [0.5, 0.6) is 0 Å². The van der Waals surface area contributed by atoms with Crippen LogP contribution in [0.15, 0.2) is 55.0 Å². The first-order valence-corrected chi connectivity index (χ1v) is 12.8. The molecule has 5 rings (SSSR count). The van der Waals surface area contributed by atoms with Crippen molar-refractivity contribution in [3.63, 3.8) is 0 Å². The van der Waals surface area contributed by atoms with Gasteiger partial charge in [-0.25, -0.2) is 23.7 Å². The summed E-state index contributed by atoms with van der Waals surface area (Å²) in [6, 6.07) is 13.6. The molecule has 0 radical (unpaired) electrons. The fourth-order valence-corrected chi connectivity index (χ4v) is 4.91. The van der Waals surface area contributed by atoms with Crippen LogP contribution in [0.2, 0.25) is 0 Å². The van der Waals surface area contributed by atoms with Crippen LogP contribution in [0.25, 0.3) is 17.0 Å². The standard InChI is InChI=1S/C28H30F2N8/c1-3-37-12-9-21(10-13-37)35-22-7-4-6-19(14-22)18(2)34-28-33-16-20(15-31)25(36-28)24-17-32-27-23(26(29)30)8-5-11-38(24)27/h4-8,11,14,16-18,21,26,35H,3,9-10,12-13H2,1-2H3,(H,33,34,36)/t18-/m0/s1. The van der Waals surface area contributed by atoms with E-state index in [-0.39, 0.29) is 22.8 Å². The van der Waals surface area contributed by atoms with E-state index >= 15 is 0 Å². The normalized spacial score (nSPS) is 15.5. The molecule has 0 bridgehead atoms. The second kappa shape index (κ2) is 11.1. The van der Waals surface area contributed by atoms with Crippen LogP contribution in [0.3, 0.4) is 0 Å². The van der Waals surface area contributed by atoms with E-state index in [0.29, 0.717) is 23.4 Å². The lowest BCUT2D eigenvalue weighted by Crippen LogP contribution is -2.38. The largest absolute Gasteiger partial charge is 0.382 e. The summed E-state index contributed by atoms with van der Waals surface area (Å²) in [5, 5.41) is 16.7. The molecule has 1 fully saturated rings. The molecule has 0 spiro atoms. The molecule has 8 nitrogen and oxygen atoms in total. The van der Waals surface area contributed by atoms with Gasteiger partial charge in [0.15, 0.2) is 0 Å². The smallest absolute Gasteiger partial charge is 0.267 e. The lowest BCUT2D eigenvalue weighted by Gasteiger charge is -2.32. The van der Waals surface area contributed by atoms with Gasteiger partial charge in [-0.15, -0.1) is 0 Å². The minimum absolute atomic E-state index is 0.118. The Hall–Kier alpha value is -4.10. The number of pyridine rings is 1. The number of nitriles is 1. The third kappa shape index (κ3) is 5.29. The molecule has 2 N–H and O–H groups in total. The van der Waals surface area contributed by atoms with Crippen LogP contribution in [-0.4, -0.2) is 49.9 Å². The van der Waals surface area contributed by atoms with E-state index in [1.807, 2.05) is 19.1 Å². The van der Waals surface area contributed by atoms with Gasteiger partial charge in [-0.1, -0.05) is 19.1 Å². The maximum absolute atomic E-state index is 13.5. The number of nitrogens with zero attached hydrogens (tertiary/aromatic N) is 6. The zero-order chi connectivity index (χ0) is 26.6. The molecule has 0 unspecified atom stereocenters. The SMILES string of the molecule is CCN1CCC(Nc2cccc([C@H](C)Nc3ncc(C#N)c(-c4cnc5c(C(F)F)cccn45)n3)c2)CC1. The van der Waals surface area contributed by atoms with E-state index in [0.717, 1.165) is 43.7 Å². The number of fused-ring (bicyclic) bond motifs is 1. The summed E-state index contributed by atoms with van der Waals surface area (Å²) in [7, 11) is 0. The van der Waals surface area contributed by atoms with Crippen LogP contribution in [-0.2, 0) is 0 Å². The van der Waals surface area contributed by atoms with E-state index < -0.39 is 6.43 Å². The van der Waals surface area contributed by atoms with Crippen molar-refractivity contribution in [2.24, 2.45) is 0 Å². The van der Waals surface area contributed by atoms with Gasteiger partial charge < -0.3 is 15.5 Å². The Morgan fingerprint density at radius 1 is 1.13 bits per heavy atom. The fourth-order valence-electron chi connectivity index (χ4n) is 4.91. The highest BCUT2D eigenvalue weighted by Crippen LogP contribution is 2.29. The number of anilines is 2. The fraction of sp³-hybridized carbons (Fsp3) is 0.357. The lowest BCUT2D eigenvalue weighted by atomic mass is 10.0. The van der Waals surface area contributed by atoms with Gasteiger partial charge in [0, 0.05) is 31.0 Å². The molecule has 1 atom stereocenters. The van der Waals surface area contributed by atoms with Crippen LogP contribution in [0.4, 0.5) is 20.4 Å². The van der Waals surface area contributed by atoms with Crippen molar-refractivity contribution >= 4 is 17.3 Å². The van der Waals surface area contributed by atoms with Crippen LogP contribution >= 0.6 is 0 Å². The summed E-state index contributed by atoms with van der Waals surface area (Å²) in [6.07, 6.45) is 4.10. The number of likely N-dealkylation sites (tertiary alicyclic amines) is 1. The van der Waals surface area contributed by atoms with E-state index in [2.05, 4.69) is 55.6 Å². The molecule has 1 aromatic carbocycles. The predicted octanol–water partition coefficient (Wildman–Crippen LogP) is 5.67. The van der Waals surface area contributed by atoms with Gasteiger partial charge in [-0.05, 0) is 56.1 Å². The number of nitrogens with one attached hydrogen (secondary N) is 2. The molecule has 0 saturated carbocycles. The number of aromatic nitrogens is 4. The molecule has 0 amide bonds. The average molecular weight is 517 g/mol. The highest BCUT2D eigenvalue weighted by molar-refractivity contribution is 5.68. The monoisotopic (exact) mass is 516 g/mol. The van der Waals surface area contributed by atoms with Crippen molar-refractivity contribution in [2.45, 2.75) is 45.2 Å². The number of hydrogen-bond donors (Lipinski definition) is 2. The summed E-state index contributed by atoms with van der Waals surface area (Å²) in [6.45, 7) is 7.54. The second-order valence-electron chi connectivity index (χ2n) is 9.51. The minimum atomic E-state index is -2.66. The van der Waals surface area contributed by atoms with Gasteiger partial charge in [-0.3, -0.25) is 4.40 Å². The Labute approximate surface area is 220 Å². The minimum Gasteiger partial charge on any atom is -0.382 e. The Bertz CT molecular complexity index is 1450. The van der Waals surface area contributed by atoms with E-state index in [1.165, 1.54) is 28.9 Å². The van der Waals surface area contributed by atoms with Crippen molar-refractivity contribution < 1.29 is 8.78 Å². The Morgan fingerprint density at radius 2 is 1.95 bits per heavy atom. The van der Waals surface area contributed by atoms with Gasteiger partial charge >= 0.3 is 0 Å². The number of piperidine rings is 1. The number of benzene rings is 1. The molecule has 0 aliphatic carbocycles. The first-order chi connectivity index (χ1) is 18.5. The number of halogens is 2. The van der Waals surface area contributed by atoms with Crippen molar-refractivity contribution in [3.05, 3.63) is 71.7 Å². The molecule has 1 aliphatic rings. The summed E-state index contributed by atoms with van der Waals surface area (Å²) >= 11 is 0.